The van der Waals surface area contributed by atoms with Gasteiger partial charge in [0.1, 0.15) is 0 Å². The fourth-order valence-electron chi connectivity index (χ4n) is 1.67. The molecule has 15 heavy (non-hydrogen) atoms. The molecule has 0 fully saturated rings. The fraction of sp³-hybridized carbons (Fsp3) is 0.917. The second-order valence-electron chi connectivity index (χ2n) is 4.12. The first kappa shape index (κ1) is 14.9. The third-order valence-electron chi connectivity index (χ3n) is 3.35. The first-order chi connectivity index (χ1) is 7.09. The molecule has 0 radical (unpaired) electrons. The molecule has 1 amide bonds. The molecule has 0 spiro atoms. The summed E-state index contributed by atoms with van der Waals surface area (Å²) in [7, 11) is 0. The van der Waals surface area contributed by atoms with E-state index in [-0.39, 0.29) is 17.4 Å². The number of amides is 1. The molecule has 0 rings (SSSR count). The van der Waals surface area contributed by atoms with Crippen molar-refractivity contribution in [2.75, 3.05) is 5.33 Å². The van der Waals surface area contributed by atoms with Gasteiger partial charge in [0.25, 0.3) is 0 Å². The molecule has 0 bridgehead atoms. The zero-order valence-corrected chi connectivity index (χ0v) is 12.0. The van der Waals surface area contributed by atoms with E-state index >= 15 is 0 Å². The minimum Gasteiger partial charge on any atom is -0.350 e. The van der Waals surface area contributed by atoms with E-state index in [0.29, 0.717) is 0 Å². The van der Waals surface area contributed by atoms with Gasteiger partial charge in [0.05, 0.1) is 0 Å². The lowest BCUT2D eigenvalue weighted by molar-refractivity contribution is -0.127. The van der Waals surface area contributed by atoms with E-state index < -0.39 is 0 Å². The first-order valence-electron chi connectivity index (χ1n) is 5.97. The summed E-state index contributed by atoms with van der Waals surface area (Å²) >= 11 is 3.50. The van der Waals surface area contributed by atoms with Gasteiger partial charge in [0.15, 0.2) is 0 Å². The van der Waals surface area contributed by atoms with Gasteiger partial charge >= 0.3 is 0 Å². The predicted octanol–water partition coefficient (Wildman–Crippen LogP) is 3.49. The molecule has 90 valence electrons. The van der Waals surface area contributed by atoms with Crippen LogP contribution in [0.5, 0.6) is 0 Å². The van der Waals surface area contributed by atoms with Gasteiger partial charge < -0.3 is 5.32 Å². The molecule has 0 atom stereocenters. The lowest BCUT2D eigenvalue weighted by Gasteiger charge is -2.32. The number of carbonyl (C=O) groups excluding carboxylic acids is 1. The molecule has 0 aromatic heterocycles. The van der Waals surface area contributed by atoms with Crippen molar-refractivity contribution < 1.29 is 4.79 Å². The van der Waals surface area contributed by atoms with Gasteiger partial charge in [-0.05, 0) is 25.7 Å². The van der Waals surface area contributed by atoms with E-state index in [9.17, 15) is 4.79 Å². The van der Waals surface area contributed by atoms with Gasteiger partial charge in [-0.3, -0.25) is 4.79 Å². The monoisotopic (exact) mass is 277 g/mol. The van der Waals surface area contributed by atoms with E-state index in [1.807, 2.05) is 0 Å². The van der Waals surface area contributed by atoms with Crippen LogP contribution < -0.4 is 5.32 Å². The van der Waals surface area contributed by atoms with Crippen LogP contribution in [-0.2, 0) is 4.79 Å². The average molecular weight is 278 g/mol. The molecule has 1 N–H and O–H groups in total. The van der Waals surface area contributed by atoms with Gasteiger partial charge in [0, 0.05) is 16.8 Å². The van der Waals surface area contributed by atoms with E-state index in [2.05, 4.69) is 48.9 Å². The number of halogens is 1. The molecular weight excluding hydrogens is 254 g/mol. The lowest BCUT2D eigenvalue weighted by Crippen LogP contribution is -2.51. The number of hydrogen-bond donors (Lipinski definition) is 1. The zero-order chi connectivity index (χ0) is 11.9. The van der Waals surface area contributed by atoms with Crippen molar-refractivity contribution in [1.29, 1.82) is 0 Å². The highest BCUT2D eigenvalue weighted by atomic mass is 79.9. The maximum Gasteiger partial charge on any atom is 0.223 e. The van der Waals surface area contributed by atoms with Crippen LogP contribution in [0.15, 0.2) is 0 Å². The predicted molar refractivity (Wildman–Crippen MR) is 69.3 cm³/mol. The number of hydrogen-bond acceptors (Lipinski definition) is 1. The van der Waals surface area contributed by atoms with Crippen LogP contribution in [0.1, 0.15) is 53.4 Å². The summed E-state index contributed by atoms with van der Waals surface area (Å²) in [4.78, 5) is 12.0. The number of nitrogens with one attached hydrogen (secondary N) is 1. The van der Waals surface area contributed by atoms with Crippen LogP contribution >= 0.6 is 15.9 Å². The van der Waals surface area contributed by atoms with Crippen molar-refractivity contribution in [3.8, 4) is 0 Å². The number of alkyl halides is 1. The lowest BCUT2D eigenvalue weighted by atomic mass is 9.93. The Hall–Kier alpha value is -0.0500. The van der Waals surface area contributed by atoms with E-state index in [1.165, 1.54) is 0 Å². The highest BCUT2D eigenvalue weighted by Crippen LogP contribution is 2.20. The zero-order valence-electron chi connectivity index (χ0n) is 10.4. The Labute approximate surface area is 102 Å². The van der Waals surface area contributed by atoms with E-state index in [1.54, 1.807) is 0 Å². The van der Waals surface area contributed by atoms with E-state index in [0.717, 1.165) is 31.0 Å². The van der Waals surface area contributed by atoms with Crippen molar-refractivity contribution in [3.05, 3.63) is 0 Å². The molecule has 0 aromatic rings. The van der Waals surface area contributed by atoms with Crippen LogP contribution in [0.3, 0.4) is 0 Å². The second-order valence-corrected chi connectivity index (χ2v) is 4.68. The SMILES string of the molecule is CCC(CC)C(=O)NC(CC)(CC)CBr. The summed E-state index contributed by atoms with van der Waals surface area (Å²) < 4.78 is 0. The maximum atomic E-state index is 12.0. The Morgan fingerprint density at radius 2 is 1.67 bits per heavy atom. The molecule has 0 aliphatic rings. The molecule has 0 heterocycles. The molecule has 3 heteroatoms. The van der Waals surface area contributed by atoms with Crippen LogP contribution in [0, 0.1) is 5.92 Å². The van der Waals surface area contributed by atoms with Crippen molar-refractivity contribution in [3.63, 3.8) is 0 Å². The van der Waals surface area contributed by atoms with E-state index in [4.69, 9.17) is 0 Å². The third kappa shape index (κ3) is 4.13. The molecule has 0 aromatic carbocycles. The maximum absolute atomic E-state index is 12.0. The van der Waals surface area contributed by atoms with Gasteiger partial charge in [-0.15, -0.1) is 0 Å². The Morgan fingerprint density at radius 1 is 1.20 bits per heavy atom. The van der Waals surface area contributed by atoms with Crippen molar-refractivity contribution in [2.24, 2.45) is 5.92 Å². The Kier molecular flexibility index (Phi) is 7.24. The van der Waals surface area contributed by atoms with Gasteiger partial charge in [0.2, 0.25) is 5.91 Å². The Morgan fingerprint density at radius 3 is 1.93 bits per heavy atom. The second kappa shape index (κ2) is 7.26. The highest BCUT2D eigenvalue weighted by Gasteiger charge is 2.28. The molecule has 0 saturated heterocycles. The molecule has 2 nitrogen and oxygen atoms in total. The van der Waals surface area contributed by atoms with Gasteiger partial charge in [-0.1, -0.05) is 43.6 Å². The summed E-state index contributed by atoms with van der Waals surface area (Å²) in [6.07, 6.45) is 3.80. The standard InChI is InChI=1S/C12H24BrNO/c1-5-10(6-2)11(15)14-12(7-3,8-4)9-13/h10H,5-9H2,1-4H3,(H,14,15). The smallest absolute Gasteiger partial charge is 0.223 e. The van der Waals surface area contributed by atoms with Gasteiger partial charge in [-0.2, -0.15) is 0 Å². The summed E-state index contributed by atoms with van der Waals surface area (Å²) in [5, 5.41) is 4.03. The number of rotatable bonds is 7. The highest BCUT2D eigenvalue weighted by molar-refractivity contribution is 9.09. The van der Waals surface area contributed by atoms with Crippen molar-refractivity contribution >= 4 is 21.8 Å². The van der Waals surface area contributed by atoms with Crippen LogP contribution in [-0.4, -0.2) is 16.8 Å². The minimum absolute atomic E-state index is 0.0559. The summed E-state index contributed by atoms with van der Waals surface area (Å²) in [6.45, 7) is 8.39. The quantitative estimate of drug-likeness (QED) is 0.710. The first-order valence-corrected chi connectivity index (χ1v) is 7.09. The van der Waals surface area contributed by atoms with Crippen molar-refractivity contribution in [1.82, 2.24) is 5.32 Å². The minimum atomic E-state index is -0.0559. The average Bonchev–Trinajstić information content (AvgIpc) is 2.28. The normalized spacial score (nSPS) is 11.9. The van der Waals surface area contributed by atoms with Crippen LogP contribution in [0.25, 0.3) is 0 Å². The molecule has 0 saturated carbocycles. The molecule has 0 aliphatic heterocycles. The summed E-state index contributed by atoms with van der Waals surface area (Å²) in [5.74, 6) is 0.379. The van der Waals surface area contributed by atoms with Crippen LogP contribution in [0.2, 0.25) is 0 Å². The summed E-state index contributed by atoms with van der Waals surface area (Å²) in [5.41, 5.74) is -0.0559. The number of carbonyl (C=O) groups is 1. The Balaban J connectivity index is 4.46. The van der Waals surface area contributed by atoms with Crippen LogP contribution in [0.4, 0.5) is 0 Å². The summed E-state index contributed by atoms with van der Waals surface area (Å²) in [6, 6.07) is 0. The molecular formula is C12H24BrNO. The fourth-order valence-corrected chi connectivity index (χ4v) is 2.61. The topological polar surface area (TPSA) is 29.1 Å². The van der Waals surface area contributed by atoms with Gasteiger partial charge in [-0.25, -0.2) is 0 Å². The molecule has 0 aliphatic carbocycles. The molecule has 0 unspecified atom stereocenters. The largest absolute Gasteiger partial charge is 0.350 e. The van der Waals surface area contributed by atoms with Crippen molar-refractivity contribution in [2.45, 2.75) is 58.9 Å². The third-order valence-corrected chi connectivity index (χ3v) is 4.43. The Bertz CT molecular complexity index is 178.